The highest BCUT2D eigenvalue weighted by atomic mass is 19.4. The van der Waals surface area contributed by atoms with Crippen LogP contribution in [-0.2, 0) is 4.74 Å². The number of hydrogen-bond donors (Lipinski definition) is 0. The summed E-state index contributed by atoms with van der Waals surface area (Å²) in [5, 5.41) is -1.85. The molecule has 1 saturated heterocycles. The third-order valence-electron chi connectivity index (χ3n) is 6.35. The van der Waals surface area contributed by atoms with Crippen molar-refractivity contribution in [2.45, 2.75) is 66.7 Å². The zero-order chi connectivity index (χ0) is 23.6. The Bertz CT molecular complexity index is 638. The fourth-order valence-electron chi connectivity index (χ4n) is 4.37. The van der Waals surface area contributed by atoms with Gasteiger partial charge in [-0.1, -0.05) is 0 Å². The van der Waals surface area contributed by atoms with Gasteiger partial charge in [-0.15, -0.1) is 0 Å². The van der Waals surface area contributed by atoms with Crippen LogP contribution < -0.4 is 0 Å². The summed E-state index contributed by atoms with van der Waals surface area (Å²) in [5.41, 5.74) is -4.97. The molecule has 0 aromatic rings. The van der Waals surface area contributed by atoms with E-state index in [2.05, 4.69) is 9.64 Å². The Labute approximate surface area is 174 Å². The third kappa shape index (κ3) is 4.21. The Morgan fingerprint density at radius 1 is 0.862 bits per heavy atom. The third-order valence-corrected chi connectivity index (χ3v) is 6.35. The number of ether oxygens (including phenoxy) is 1. The molecule has 0 aromatic heterocycles. The number of carbonyl (C=O) groups excluding carboxylic acids is 1. The second-order valence-corrected chi connectivity index (χ2v) is 9.97. The molecule has 158 valence electrons. The number of amides is 1. The van der Waals surface area contributed by atoms with E-state index in [1.54, 1.807) is 31.4 Å². The first-order valence-electron chi connectivity index (χ1n) is 9.39. The Balaban J connectivity index is 3.49. The van der Waals surface area contributed by atoms with Gasteiger partial charge in [0.05, 0.1) is 0 Å². The molecule has 2 unspecified atom stereocenters. The first-order valence-corrected chi connectivity index (χ1v) is 9.39. The van der Waals surface area contributed by atoms with Gasteiger partial charge in [0.25, 0.3) is 5.50 Å². The van der Waals surface area contributed by atoms with Crippen LogP contribution in [0.4, 0.5) is 31.1 Å². The average Bonchev–Trinajstić information content (AvgIpc) is 2.41. The van der Waals surface area contributed by atoms with Crippen molar-refractivity contribution in [2.75, 3.05) is 0 Å². The summed E-state index contributed by atoms with van der Waals surface area (Å²) in [6.45, 7) is 5.89. The second kappa shape index (κ2) is 7.16. The van der Waals surface area contributed by atoms with Crippen molar-refractivity contribution < 1.29 is 35.9 Å². The minimum Gasteiger partial charge on any atom is -0.433 e. The van der Waals surface area contributed by atoms with E-state index in [4.69, 9.17) is 0 Å². The fraction of sp³-hybridized carbons (Fsp3) is 0.917. The van der Waals surface area contributed by atoms with Crippen LogP contribution in [0.2, 0.25) is 0 Å². The maximum Gasteiger partial charge on any atom is 0.428 e. The average molecular weight is 419 g/mol. The normalized spacial score (nSPS) is 26.2. The molecule has 4 nitrogen and oxygen atoms in total. The highest BCUT2D eigenvalue weighted by Crippen LogP contribution is 2.45. The zero-order valence-electron chi connectivity index (χ0n) is 18.6. The van der Waals surface area contributed by atoms with E-state index < -0.39 is 40.6 Å². The molecule has 1 fully saturated rings. The first kappa shape index (κ1) is 26.3. The van der Waals surface area contributed by atoms with Gasteiger partial charge in [-0.2, -0.15) is 26.3 Å². The van der Waals surface area contributed by atoms with E-state index in [-0.39, 0.29) is 19.3 Å². The molecule has 0 spiro atoms. The lowest BCUT2D eigenvalue weighted by atomic mass is 9.40. The van der Waals surface area contributed by atoms with E-state index in [1.165, 1.54) is 0 Å². The monoisotopic (exact) mass is 420 g/mol. The van der Waals surface area contributed by atoms with Crippen LogP contribution in [0.5, 0.6) is 0 Å². The summed E-state index contributed by atoms with van der Waals surface area (Å²) >= 11 is 0. The predicted octanol–water partition coefficient (Wildman–Crippen LogP) is -4.25. The minimum atomic E-state index is -5.82. The molecule has 2 atom stereocenters. The van der Waals surface area contributed by atoms with Crippen LogP contribution in [0.15, 0.2) is 0 Å². The van der Waals surface area contributed by atoms with Crippen LogP contribution in [0.3, 0.4) is 0 Å². The van der Waals surface area contributed by atoms with Crippen molar-refractivity contribution in [3.8, 4) is 0 Å². The van der Waals surface area contributed by atoms with Gasteiger partial charge in [-0.05, 0) is 37.4 Å². The van der Waals surface area contributed by atoms with Gasteiger partial charge < -0.3 is 14.5 Å². The summed E-state index contributed by atoms with van der Waals surface area (Å²) in [6, 6.07) is 0. The van der Waals surface area contributed by atoms with Crippen LogP contribution in [0.1, 0.15) is 20.8 Å². The van der Waals surface area contributed by atoms with Crippen LogP contribution in [0.25, 0.3) is 0 Å². The summed E-state index contributed by atoms with van der Waals surface area (Å²) in [7, 11) is 10.1. The maximum absolute atomic E-state index is 13.2. The summed E-state index contributed by atoms with van der Waals surface area (Å²) in [6.07, 6.45) is -13.3. The SMILES string of the molecule is BC1N(C(C)(C)C)C(B)(B)C(B)N(C(=O)OC(B)(C(F)(F)F)C(F)(F)F)C1(B)B. The van der Waals surface area contributed by atoms with Gasteiger partial charge >= 0.3 is 18.4 Å². The van der Waals surface area contributed by atoms with E-state index in [1.807, 2.05) is 36.5 Å². The van der Waals surface area contributed by atoms with Crippen LogP contribution in [-0.4, -0.2) is 117 Å². The van der Waals surface area contributed by atoms with E-state index >= 15 is 0 Å². The quantitative estimate of drug-likeness (QED) is 0.319. The van der Waals surface area contributed by atoms with Crippen LogP contribution in [0, 0.1) is 0 Å². The van der Waals surface area contributed by atoms with Crippen molar-refractivity contribution >= 4 is 61.0 Å². The number of nitrogens with zero attached hydrogens (tertiary/aromatic N) is 2. The lowest BCUT2D eigenvalue weighted by molar-refractivity contribution is -0.331. The second-order valence-electron chi connectivity index (χ2n) is 9.97. The molecule has 0 bridgehead atoms. The molecule has 1 rings (SSSR count). The molecule has 17 heteroatoms. The van der Waals surface area contributed by atoms with Gasteiger partial charge in [-0.25, -0.2) is 4.79 Å². The first-order chi connectivity index (χ1) is 12.4. The lowest BCUT2D eigenvalue weighted by Gasteiger charge is -2.67. The van der Waals surface area contributed by atoms with Gasteiger partial charge in [0.2, 0.25) is 0 Å². The molecule has 1 heterocycles. The van der Waals surface area contributed by atoms with Gasteiger partial charge in [-0.3, -0.25) is 0 Å². The number of alkyl halides is 6. The molecule has 0 saturated carbocycles. The fourth-order valence-corrected chi connectivity index (χ4v) is 4.37. The Morgan fingerprint density at radius 2 is 1.24 bits per heavy atom. The highest BCUT2D eigenvalue weighted by Gasteiger charge is 2.71. The molecule has 1 amide bonds. The number of rotatable bonds is 1. The van der Waals surface area contributed by atoms with Crippen LogP contribution >= 0.6 is 0 Å². The largest absolute Gasteiger partial charge is 0.433 e. The minimum absolute atomic E-state index is 0.164. The van der Waals surface area contributed by atoms with Crippen molar-refractivity contribution in [2.24, 2.45) is 0 Å². The number of halogens is 6. The maximum atomic E-state index is 13.2. The van der Waals surface area contributed by atoms with Crippen molar-refractivity contribution in [1.29, 1.82) is 0 Å². The molecule has 1 aliphatic heterocycles. The van der Waals surface area contributed by atoms with Crippen molar-refractivity contribution in [3.05, 3.63) is 0 Å². The van der Waals surface area contributed by atoms with Gasteiger partial charge in [0.15, 0.2) is 7.85 Å². The number of piperazine rings is 1. The molecular formula is C12H25B7F6N2O2. The molecular weight excluding hydrogens is 394 g/mol. The van der Waals surface area contributed by atoms with Gasteiger partial charge in [0.1, 0.15) is 47.1 Å². The Hall–Kier alpha value is -0.735. The zero-order valence-corrected chi connectivity index (χ0v) is 18.6. The highest BCUT2D eigenvalue weighted by molar-refractivity contribution is 6.49. The molecule has 1 aliphatic rings. The predicted molar refractivity (Wildman–Crippen MR) is 118 cm³/mol. The summed E-state index contributed by atoms with van der Waals surface area (Å²) < 4.78 is 83.6. The number of carbonyl (C=O) groups is 1. The molecule has 0 radical (unpaired) electrons. The van der Waals surface area contributed by atoms with E-state index in [0.29, 0.717) is 0 Å². The topological polar surface area (TPSA) is 32.8 Å². The standard InChI is InChI=1S/C12H25B7F6N2O2/c1-7(2,3)27-5(14)8(15,16)26(4(13)9(27,17)18)6(28)29-10(19,11(20,21)22)12(23,24)25/h4-5H,13-19H2,1-3H3. The molecule has 0 aliphatic carbocycles. The van der Waals surface area contributed by atoms with Crippen molar-refractivity contribution in [3.63, 3.8) is 0 Å². The molecule has 0 N–H and O–H groups in total. The summed E-state index contributed by atoms with van der Waals surface area (Å²) in [4.78, 5) is 15.9. The molecule has 29 heavy (non-hydrogen) atoms. The lowest BCUT2D eigenvalue weighted by Crippen LogP contribution is -2.85. The van der Waals surface area contributed by atoms with E-state index in [0.717, 1.165) is 4.90 Å². The van der Waals surface area contributed by atoms with Crippen molar-refractivity contribution in [1.82, 2.24) is 9.80 Å². The Kier molecular flexibility index (Phi) is 6.49. The molecule has 0 aromatic carbocycles. The van der Waals surface area contributed by atoms with E-state index in [9.17, 15) is 31.1 Å². The smallest absolute Gasteiger partial charge is 0.428 e. The van der Waals surface area contributed by atoms with Gasteiger partial charge in [0, 0.05) is 11.5 Å². The summed E-state index contributed by atoms with van der Waals surface area (Å²) in [5.74, 6) is -1.12. The number of hydrogen-bond acceptors (Lipinski definition) is 3. The Morgan fingerprint density at radius 3 is 1.55 bits per heavy atom.